The summed E-state index contributed by atoms with van der Waals surface area (Å²) < 4.78 is 0. The molecule has 0 spiro atoms. The van der Waals surface area contributed by atoms with Gasteiger partial charge in [-0.05, 0) is 57.8 Å². The SMILES string of the molecule is CCCCCCCCCCCCCCCCC(CCCCC/C=C\C/C=C\CCCCCCCC(=O)O)(CC(O)CO)C(=O)O. The number of unbranched alkanes of at least 4 members (excludes halogenated alkanes) is 21. The predicted octanol–water partition coefficient (Wildman–Crippen LogP) is 10.9. The lowest BCUT2D eigenvalue weighted by atomic mass is 9.74. The average Bonchev–Trinajstić information content (AvgIpc) is 3.02. The Morgan fingerprint density at radius 2 is 0.978 bits per heavy atom. The minimum atomic E-state index is -0.979. The van der Waals surface area contributed by atoms with Crippen molar-refractivity contribution < 1.29 is 30.0 Å². The smallest absolute Gasteiger partial charge is 0.309 e. The zero-order chi connectivity index (χ0) is 33.3. The molecule has 0 amide bonds. The van der Waals surface area contributed by atoms with E-state index in [1.807, 2.05) is 0 Å². The van der Waals surface area contributed by atoms with Crippen molar-refractivity contribution in [2.24, 2.45) is 5.41 Å². The van der Waals surface area contributed by atoms with Crippen LogP contribution in [0.5, 0.6) is 0 Å². The zero-order valence-electron chi connectivity index (χ0n) is 29.2. The van der Waals surface area contributed by atoms with Gasteiger partial charge in [0.05, 0.1) is 18.1 Å². The number of allylic oxidation sites excluding steroid dienone is 4. The summed E-state index contributed by atoms with van der Waals surface area (Å²) in [4.78, 5) is 22.9. The summed E-state index contributed by atoms with van der Waals surface area (Å²) in [5.74, 6) is -1.53. The molecule has 0 aromatic heterocycles. The minimum Gasteiger partial charge on any atom is -0.481 e. The number of carboxylic acids is 2. The summed E-state index contributed by atoms with van der Waals surface area (Å²) in [6.45, 7) is 1.87. The van der Waals surface area contributed by atoms with E-state index in [9.17, 15) is 24.9 Å². The van der Waals surface area contributed by atoms with Gasteiger partial charge in [-0.2, -0.15) is 0 Å². The number of aliphatic carboxylic acids is 2. The first-order valence-corrected chi connectivity index (χ1v) is 18.9. The highest BCUT2D eigenvalue weighted by Crippen LogP contribution is 2.37. The van der Waals surface area contributed by atoms with Gasteiger partial charge in [0.25, 0.3) is 0 Å². The summed E-state index contributed by atoms with van der Waals surface area (Å²) in [7, 11) is 0. The van der Waals surface area contributed by atoms with Gasteiger partial charge in [0, 0.05) is 6.42 Å². The van der Waals surface area contributed by atoms with Gasteiger partial charge in [-0.25, -0.2) is 0 Å². The molecule has 0 radical (unpaired) electrons. The molecule has 0 saturated heterocycles. The molecule has 0 rings (SSSR count). The number of carboxylic acid groups (broad SMARTS) is 2. The highest BCUT2D eigenvalue weighted by atomic mass is 16.4. The van der Waals surface area contributed by atoms with E-state index in [1.165, 1.54) is 70.6 Å². The number of rotatable bonds is 35. The van der Waals surface area contributed by atoms with Crippen molar-refractivity contribution in [3.8, 4) is 0 Å². The molecule has 0 heterocycles. The Bertz CT molecular complexity index is 733. The molecule has 0 aliphatic carbocycles. The van der Waals surface area contributed by atoms with Gasteiger partial charge in [-0.3, -0.25) is 9.59 Å². The number of aliphatic hydroxyl groups excluding tert-OH is 2. The molecule has 0 aliphatic rings. The van der Waals surface area contributed by atoms with Gasteiger partial charge in [-0.15, -0.1) is 0 Å². The molecule has 0 aliphatic heterocycles. The van der Waals surface area contributed by atoms with Crippen molar-refractivity contribution in [3.05, 3.63) is 24.3 Å². The lowest BCUT2D eigenvalue weighted by Crippen LogP contribution is -2.36. The molecule has 0 bridgehead atoms. The molecule has 4 N–H and O–H groups in total. The van der Waals surface area contributed by atoms with E-state index >= 15 is 0 Å². The molecule has 0 aromatic carbocycles. The van der Waals surface area contributed by atoms with Crippen LogP contribution in [-0.2, 0) is 9.59 Å². The molecule has 0 saturated carbocycles. The van der Waals surface area contributed by atoms with Crippen LogP contribution in [0, 0.1) is 5.41 Å². The Hall–Kier alpha value is -1.66. The maximum absolute atomic E-state index is 12.4. The number of carbonyl (C=O) groups is 2. The van der Waals surface area contributed by atoms with Crippen LogP contribution in [0.4, 0.5) is 0 Å². The van der Waals surface area contributed by atoms with Crippen LogP contribution in [0.2, 0.25) is 0 Å². The van der Waals surface area contributed by atoms with Gasteiger partial charge < -0.3 is 20.4 Å². The summed E-state index contributed by atoms with van der Waals surface area (Å²) in [6, 6.07) is 0. The van der Waals surface area contributed by atoms with E-state index in [0.29, 0.717) is 12.8 Å². The fourth-order valence-electron chi connectivity index (χ4n) is 6.28. The Kier molecular flexibility index (Phi) is 31.1. The van der Waals surface area contributed by atoms with Crippen LogP contribution >= 0.6 is 0 Å². The number of hydrogen-bond donors (Lipinski definition) is 4. The van der Waals surface area contributed by atoms with Crippen LogP contribution in [0.1, 0.15) is 193 Å². The Balaban J connectivity index is 4.10. The predicted molar refractivity (Wildman–Crippen MR) is 189 cm³/mol. The van der Waals surface area contributed by atoms with Crippen LogP contribution < -0.4 is 0 Å². The van der Waals surface area contributed by atoms with E-state index < -0.39 is 23.5 Å². The molecule has 2 atom stereocenters. The van der Waals surface area contributed by atoms with Crippen LogP contribution in [0.3, 0.4) is 0 Å². The second-order valence-corrected chi connectivity index (χ2v) is 13.5. The Morgan fingerprint density at radius 3 is 1.40 bits per heavy atom. The first-order valence-electron chi connectivity index (χ1n) is 18.9. The van der Waals surface area contributed by atoms with E-state index in [1.54, 1.807) is 0 Å². The summed E-state index contributed by atoms with van der Waals surface area (Å²) >= 11 is 0. The Morgan fingerprint density at radius 1 is 0.578 bits per heavy atom. The topological polar surface area (TPSA) is 115 Å². The highest BCUT2D eigenvalue weighted by molar-refractivity contribution is 5.74. The van der Waals surface area contributed by atoms with Crippen molar-refractivity contribution in [3.63, 3.8) is 0 Å². The molecular formula is C39H72O6. The molecule has 45 heavy (non-hydrogen) atoms. The standard InChI is InChI=1S/C39H72O6/c1-2-3-4-5-6-7-8-9-14-17-20-23-26-29-32-39(38(44)45,34-36(41)35-40)33-30-27-24-21-18-15-12-10-11-13-16-19-22-25-28-31-37(42)43/h10-11,15,18,36,40-41H,2-9,12-14,16-17,19-35H2,1H3,(H,42,43)(H,44,45)/b11-10-,18-15-. The number of hydrogen-bond acceptors (Lipinski definition) is 4. The molecule has 2 unspecified atom stereocenters. The summed E-state index contributed by atoms with van der Waals surface area (Å²) in [5.41, 5.74) is -0.946. The molecule has 6 nitrogen and oxygen atoms in total. The van der Waals surface area contributed by atoms with E-state index in [0.717, 1.165) is 89.9 Å². The fourth-order valence-corrected chi connectivity index (χ4v) is 6.28. The van der Waals surface area contributed by atoms with Crippen molar-refractivity contribution >= 4 is 11.9 Å². The third kappa shape index (κ3) is 28.3. The van der Waals surface area contributed by atoms with Crippen molar-refractivity contribution in [1.82, 2.24) is 0 Å². The molecule has 0 fully saturated rings. The summed E-state index contributed by atoms with van der Waals surface area (Å²) in [5, 5.41) is 38.4. The van der Waals surface area contributed by atoms with Gasteiger partial charge in [0.15, 0.2) is 0 Å². The molecule has 0 aromatic rings. The lowest BCUT2D eigenvalue weighted by molar-refractivity contribution is -0.153. The monoisotopic (exact) mass is 637 g/mol. The van der Waals surface area contributed by atoms with Crippen LogP contribution in [0.25, 0.3) is 0 Å². The summed E-state index contributed by atoms with van der Waals surface area (Å²) in [6.07, 6.45) is 38.2. The minimum absolute atomic E-state index is 0.133. The average molecular weight is 637 g/mol. The first kappa shape index (κ1) is 43.3. The van der Waals surface area contributed by atoms with Crippen molar-refractivity contribution in [2.45, 2.75) is 199 Å². The first-order chi connectivity index (χ1) is 21.9. The van der Waals surface area contributed by atoms with Gasteiger partial charge in [0.2, 0.25) is 0 Å². The maximum atomic E-state index is 12.4. The van der Waals surface area contributed by atoms with Gasteiger partial charge in [0.1, 0.15) is 0 Å². The van der Waals surface area contributed by atoms with Gasteiger partial charge >= 0.3 is 11.9 Å². The quantitative estimate of drug-likeness (QED) is 0.0406. The second-order valence-electron chi connectivity index (χ2n) is 13.5. The van der Waals surface area contributed by atoms with Gasteiger partial charge in [-0.1, -0.05) is 153 Å². The lowest BCUT2D eigenvalue weighted by Gasteiger charge is -2.31. The largest absolute Gasteiger partial charge is 0.481 e. The van der Waals surface area contributed by atoms with Crippen LogP contribution in [-0.4, -0.2) is 45.1 Å². The van der Waals surface area contributed by atoms with Crippen LogP contribution in [0.15, 0.2) is 24.3 Å². The molecule has 6 heteroatoms. The van der Waals surface area contributed by atoms with E-state index in [2.05, 4.69) is 31.2 Å². The van der Waals surface area contributed by atoms with E-state index in [4.69, 9.17) is 5.11 Å². The molecular weight excluding hydrogens is 564 g/mol. The highest BCUT2D eigenvalue weighted by Gasteiger charge is 2.39. The third-order valence-corrected chi connectivity index (χ3v) is 9.19. The maximum Gasteiger partial charge on any atom is 0.309 e. The van der Waals surface area contributed by atoms with E-state index in [-0.39, 0.29) is 19.4 Å². The third-order valence-electron chi connectivity index (χ3n) is 9.19. The zero-order valence-corrected chi connectivity index (χ0v) is 29.2. The van der Waals surface area contributed by atoms with Crippen molar-refractivity contribution in [2.75, 3.05) is 6.61 Å². The van der Waals surface area contributed by atoms with Crippen molar-refractivity contribution in [1.29, 1.82) is 0 Å². The fraction of sp³-hybridized carbons (Fsp3) is 0.846. The Labute approximate surface area is 277 Å². The number of aliphatic hydroxyl groups is 2. The molecule has 264 valence electrons. The normalized spacial score (nSPS) is 13.9. The second kappa shape index (κ2) is 32.3.